The molecule has 1 aromatic carbocycles. The smallest absolute Gasteiger partial charge is 0.319 e. The Kier molecular flexibility index (Phi) is 3.88. The van der Waals surface area contributed by atoms with E-state index in [2.05, 4.69) is 0 Å². The minimum absolute atomic E-state index is 0.0385. The van der Waals surface area contributed by atoms with Crippen molar-refractivity contribution in [1.82, 2.24) is 9.80 Å². The Labute approximate surface area is 123 Å². The van der Waals surface area contributed by atoms with Gasteiger partial charge in [0.2, 0.25) is 0 Å². The molecule has 2 aliphatic heterocycles. The quantitative estimate of drug-likeness (QED) is 0.911. The number of aliphatic hydroxyl groups excluding tert-OH is 1. The summed E-state index contributed by atoms with van der Waals surface area (Å²) < 4.78 is 11.2. The van der Waals surface area contributed by atoms with Gasteiger partial charge in [-0.1, -0.05) is 6.07 Å². The number of hydrogen-bond donors (Lipinski definition) is 1. The highest BCUT2D eigenvalue weighted by atomic mass is 16.5. The minimum atomic E-state index is -0.724. The van der Waals surface area contributed by atoms with Gasteiger partial charge in [-0.2, -0.15) is 0 Å². The molecule has 6 nitrogen and oxygen atoms in total. The predicted octanol–water partition coefficient (Wildman–Crippen LogP) is 1.25. The van der Waals surface area contributed by atoms with Crippen LogP contribution in [0.25, 0.3) is 0 Å². The maximum Gasteiger partial charge on any atom is 0.319 e. The number of carbonyl (C=O) groups is 1. The molecular formula is C15H20N2O4. The van der Waals surface area contributed by atoms with Crippen LogP contribution in [0.3, 0.4) is 0 Å². The molecular weight excluding hydrogens is 272 g/mol. The number of rotatable bonds is 3. The summed E-state index contributed by atoms with van der Waals surface area (Å²) in [5, 5.41) is 10.3. The number of amides is 2. The number of benzene rings is 1. The summed E-state index contributed by atoms with van der Waals surface area (Å²) in [4.78, 5) is 15.2. The average molecular weight is 292 g/mol. The highest BCUT2D eigenvalue weighted by molar-refractivity contribution is 5.76. The molecule has 1 fully saturated rings. The molecule has 1 aromatic rings. The first-order valence-electron chi connectivity index (χ1n) is 7.23. The zero-order valence-corrected chi connectivity index (χ0v) is 12.1. The maximum absolute atomic E-state index is 11.8. The highest BCUT2D eigenvalue weighted by Gasteiger charge is 2.27. The van der Waals surface area contributed by atoms with Gasteiger partial charge in [0.25, 0.3) is 0 Å². The van der Waals surface area contributed by atoms with E-state index in [0.29, 0.717) is 44.3 Å². The first kappa shape index (κ1) is 14.0. The van der Waals surface area contributed by atoms with Gasteiger partial charge < -0.3 is 24.4 Å². The van der Waals surface area contributed by atoms with Crippen LogP contribution < -0.4 is 9.47 Å². The summed E-state index contributed by atoms with van der Waals surface area (Å²) in [5.41, 5.74) is 0.738. The fourth-order valence-electron chi connectivity index (χ4n) is 2.57. The van der Waals surface area contributed by atoms with E-state index in [9.17, 15) is 9.90 Å². The molecule has 2 amide bonds. The third kappa shape index (κ3) is 2.90. The number of carbonyl (C=O) groups excluding carboxylic acids is 1. The lowest BCUT2D eigenvalue weighted by Crippen LogP contribution is -2.32. The lowest BCUT2D eigenvalue weighted by Gasteiger charge is -2.20. The molecule has 2 aliphatic rings. The Balaban J connectivity index is 1.71. The number of β-amino-alcohol motifs (C(OH)–C–C–N with tert-alkyl or cyclic N) is 1. The van der Waals surface area contributed by atoms with Gasteiger partial charge in [0, 0.05) is 26.6 Å². The van der Waals surface area contributed by atoms with E-state index in [0.717, 1.165) is 12.0 Å². The summed E-state index contributed by atoms with van der Waals surface area (Å²) >= 11 is 0. The molecule has 2 heterocycles. The Bertz CT molecular complexity index is 534. The van der Waals surface area contributed by atoms with E-state index in [1.165, 1.54) is 0 Å². The van der Waals surface area contributed by atoms with Crippen LogP contribution in [0.15, 0.2) is 18.2 Å². The first-order valence-corrected chi connectivity index (χ1v) is 7.23. The van der Waals surface area contributed by atoms with Crippen molar-refractivity contribution in [3.05, 3.63) is 23.8 Å². The number of aliphatic hydroxyl groups is 1. The summed E-state index contributed by atoms with van der Waals surface area (Å²) in [6, 6.07) is 5.40. The second-order valence-corrected chi connectivity index (χ2v) is 5.42. The number of urea groups is 1. The van der Waals surface area contributed by atoms with Crippen LogP contribution in [0, 0.1) is 0 Å². The van der Waals surface area contributed by atoms with Crippen molar-refractivity contribution in [2.45, 2.75) is 12.5 Å². The van der Waals surface area contributed by atoms with Gasteiger partial charge in [-0.05, 0) is 17.7 Å². The van der Waals surface area contributed by atoms with Crippen LogP contribution in [0.4, 0.5) is 4.79 Å². The topological polar surface area (TPSA) is 62.2 Å². The lowest BCUT2D eigenvalue weighted by atomic mass is 10.1. The van der Waals surface area contributed by atoms with Gasteiger partial charge in [-0.25, -0.2) is 4.79 Å². The van der Waals surface area contributed by atoms with Gasteiger partial charge >= 0.3 is 6.03 Å². The van der Waals surface area contributed by atoms with E-state index in [4.69, 9.17) is 9.47 Å². The third-order valence-electron chi connectivity index (χ3n) is 3.85. The van der Waals surface area contributed by atoms with Gasteiger partial charge in [0.15, 0.2) is 11.5 Å². The van der Waals surface area contributed by atoms with Gasteiger partial charge in [-0.3, -0.25) is 0 Å². The fraction of sp³-hybridized carbons (Fsp3) is 0.533. The SMILES string of the molecule is CN1CCN(CC(O)c2ccc3c(c2)OCCCO3)C1=O. The van der Waals surface area contributed by atoms with Crippen molar-refractivity contribution < 1.29 is 19.4 Å². The van der Waals surface area contributed by atoms with Crippen LogP contribution in [-0.2, 0) is 0 Å². The van der Waals surface area contributed by atoms with Crippen molar-refractivity contribution >= 4 is 6.03 Å². The van der Waals surface area contributed by atoms with E-state index in [1.54, 1.807) is 22.9 Å². The lowest BCUT2D eigenvalue weighted by molar-refractivity contribution is 0.129. The fourth-order valence-corrected chi connectivity index (χ4v) is 2.57. The molecule has 1 N–H and O–H groups in total. The molecule has 0 bridgehead atoms. The van der Waals surface area contributed by atoms with E-state index in [-0.39, 0.29) is 6.03 Å². The summed E-state index contributed by atoms with van der Waals surface area (Å²) in [7, 11) is 1.77. The third-order valence-corrected chi connectivity index (χ3v) is 3.85. The van der Waals surface area contributed by atoms with Crippen molar-refractivity contribution in [3.63, 3.8) is 0 Å². The molecule has 0 saturated carbocycles. The summed E-state index contributed by atoms with van der Waals surface area (Å²) in [5.74, 6) is 1.37. The zero-order valence-electron chi connectivity index (χ0n) is 12.1. The van der Waals surface area contributed by atoms with E-state index >= 15 is 0 Å². The average Bonchev–Trinajstić information content (AvgIpc) is 2.71. The van der Waals surface area contributed by atoms with Crippen LogP contribution >= 0.6 is 0 Å². The minimum Gasteiger partial charge on any atom is -0.490 e. The Hall–Kier alpha value is -1.95. The molecule has 1 unspecified atom stereocenters. The molecule has 21 heavy (non-hydrogen) atoms. The Morgan fingerprint density at radius 3 is 2.71 bits per heavy atom. The van der Waals surface area contributed by atoms with E-state index < -0.39 is 6.10 Å². The second-order valence-electron chi connectivity index (χ2n) is 5.42. The number of nitrogens with zero attached hydrogens (tertiary/aromatic N) is 2. The summed E-state index contributed by atoms with van der Waals surface area (Å²) in [6.07, 6.45) is 0.124. The van der Waals surface area contributed by atoms with Gasteiger partial charge in [0.05, 0.1) is 25.9 Å². The van der Waals surface area contributed by atoms with E-state index in [1.807, 2.05) is 12.1 Å². The van der Waals surface area contributed by atoms with Crippen LogP contribution in [0.5, 0.6) is 11.5 Å². The first-order chi connectivity index (χ1) is 10.1. The molecule has 6 heteroatoms. The largest absolute Gasteiger partial charge is 0.490 e. The number of ether oxygens (including phenoxy) is 2. The number of hydrogen-bond acceptors (Lipinski definition) is 4. The van der Waals surface area contributed by atoms with Crippen molar-refractivity contribution in [3.8, 4) is 11.5 Å². The second kappa shape index (κ2) is 5.81. The van der Waals surface area contributed by atoms with Gasteiger partial charge in [0.1, 0.15) is 0 Å². The molecule has 1 atom stereocenters. The van der Waals surface area contributed by atoms with Crippen molar-refractivity contribution in [2.24, 2.45) is 0 Å². The normalized spacial score (nSPS) is 19.6. The maximum atomic E-state index is 11.8. The van der Waals surface area contributed by atoms with Crippen molar-refractivity contribution in [2.75, 3.05) is 39.9 Å². The van der Waals surface area contributed by atoms with Crippen molar-refractivity contribution in [1.29, 1.82) is 0 Å². The summed E-state index contributed by atoms with van der Waals surface area (Å²) in [6.45, 7) is 2.90. The van der Waals surface area contributed by atoms with Crippen LogP contribution in [0.1, 0.15) is 18.1 Å². The molecule has 0 aliphatic carbocycles. The highest BCUT2D eigenvalue weighted by Crippen LogP contribution is 2.32. The molecule has 3 rings (SSSR count). The monoisotopic (exact) mass is 292 g/mol. The molecule has 114 valence electrons. The number of fused-ring (bicyclic) bond motifs is 1. The predicted molar refractivity (Wildman–Crippen MR) is 76.6 cm³/mol. The van der Waals surface area contributed by atoms with Gasteiger partial charge in [-0.15, -0.1) is 0 Å². The molecule has 0 aromatic heterocycles. The van der Waals surface area contributed by atoms with Crippen LogP contribution in [0.2, 0.25) is 0 Å². The molecule has 0 spiro atoms. The zero-order chi connectivity index (χ0) is 14.8. The molecule has 0 radical (unpaired) electrons. The van der Waals surface area contributed by atoms with Crippen LogP contribution in [-0.4, -0.2) is 60.8 Å². The number of likely N-dealkylation sites (N-methyl/N-ethyl adjacent to an activating group) is 1. The standard InChI is InChI=1S/C15H20N2O4/c1-16-5-6-17(15(16)19)10-12(18)11-3-4-13-14(9-11)21-8-2-7-20-13/h3-4,9,12,18H,2,5-8,10H2,1H3. The Morgan fingerprint density at radius 2 is 2.00 bits per heavy atom. The Morgan fingerprint density at radius 1 is 1.24 bits per heavy atom. The molecule has 1 saturated heterocycles.